The summed E-state index contributed by atoms with van der Waals surface area (Å²) in [5, 5.41) is 3.60. The van der Waals surface area contributed by atoms with Gasteiger partial charge in [0.2, 0.25) is 0 Å². The summed E-state index contributed by atoms with van der Waals surface area (Å²) in [5.41, 5.74) is 0. The largest absolute Gasteiger partial charge is 0.314 e. The molecule has 0 bridgehead atoms. The standard InChI is InChI=1S/C16H34N4/c1-4-17-15(2)16-6-5-7-20(14-16)13-12-19-10-8-18(3)9-11-19/h15-17H,4-14H2,1-3H3. The van der Waals surface area contributed by atoms with Crippen LogP contribution in [0.3, 0.4) is 0 Å². The van der Waals surface area contributed by atoms with E-state index >= 15 is 0 Å². The molecule has 1 N–H and O–H groups in total. The van der Waals surface area contributed by atoms with Crippen LogP contribution in [0.25, 0.3) is 0 Å². The molecular weight excluding hydrogens is 248 g/mol. The fraction of sp³-hybridized carbons (Fsp3) is 1.00. The molecule has 0 aliphatic carbocycles. The van der Waals surface area contributed by atoms with Crippen LogP contribution in [0.4, 0.5) is 0 Å². The molecule has 4 heteroatoms. The first kappa shape index (κ1) is 16.2. The Morgan fingerprint density at radius 1 is 1.05 bits per heavy atom. The highest BCUT2D eigenvalue weighted by atomic mass is 15.3. The molecule has 2 heterocycles. The molecule has 0 aromatic heterocycles. The summed E-state index contributed by atoms with van der Waals surface area (Å²) in [4.78, 5) is 7.77. The topological polar surface area (TPSA) is 21.8 Å². The number of rotatable bonds is 6. The van der Waals surface area contributed by atoms with Gasteiger partial charge in [-0.2, -0.15) is 0 Å². The molecular formula is C16H34N4. The van der Waals surface area contributed by atoms with Gasteiger partial charge in [-0.05, 0) is 45.8 Å². The predicted molar refractivity (Wildman–Crippen MR) is 86.2 cm³/mol. The van der Waals surface area contributed by atoms with E-state index in [1.165, 1.54) is 65.2 Å². The Bertz CT molecular complexity index is 263. The molecule has 2 unspecified atom stereocenters. The average Bonchev–Trinajstić information content (AvgIpc) is 2.47. The number of piperidine rings is 1. The van der Waals surface area contributed by atoms with Gasteiger partial charge in [-0.15, -0.1) is 0 Å². The fourth-order valence-corrected chi connectivity index (χ4v) is 3.55. The van der Waals surface area contributed by atoms with Gasteiger partial charge >= 0.3 is 0 Å². The predicted octanol–water partition coefficient (Wildman–Crippen LogP) is 0.944. The van der Waals surface area contributed by atoms with Crippen LogP contribution in [0.15, 0.2) is 0 Å². The molecule has 20 heavy (non-hydrogen) atoms. The molecule has 2 fully saturated rings. The fourth-order valence-electron chi connectivity index (χ4n) is 3.55. The lowest BCUT2D eigenvalue weighted by Gasteiger charge is -2.38. The van der Waals surface area contributed by atoms with Crippen LogP contribution >= 0.6 is 0 Å². The minimum absolute atomic E-state index is 0.673. The van der Waals surface area contributed by atoms with Crippen molar-refractivity contribution < 1.29 is 0 Å². The summed E-state index contributed by atoms with van der Waals surface area (Å²) in [5.74, 6) is 0.844. The third-order valence-electron chi connectivity index (χ3n) is 5.10. The molecule has 0 spiro atoms. The minimum Gasteiger partial charge on any atom is -0.314 e. The number of nitrogens with zero attached hydrogens (tertiary/aromatic N) is 3. The molecule has 0 aromatic carbocycles. The van der Waals surface area contributed by atoms with Gasteiger partial charge in [0.25, 0.3) is 0 Å². The van der Waals surface area contributed by atoms with Gasteiger partial charge in [-0.25, -0.2) is 0 Å². The van der Waals surface area contributed by atoms with Crippen molar-refractivity contribution in [1.29, 1.82) is 0 Å². The van der Waals surface area contributed by atoms with Gasteiger partial charge < -0.3 is 15.1 Å². The molecule has 4 nitrogen and oxygen atoms in total. The summed E-state index contributed by atoms with van der Waals surface area (Å²) >= 11 is 0. The van der Waals surface area contributed by atoms with Crippen LogP contribution in [-0.2, 0) is 0 Å². The monoisotopic (exact) mass is 282 g/mol. The van der Waals surface area contributed by atoms with E-state index in [4.69, 9.17) is 0 Å². The highest BCUT2D eigenvalue weighted by Gasteiger charge is 2.24. The molecule has 0 amide bonds. The van der Waals surface area contributed by atoms with E-state index in [1.807, 2.05) is 0 Å². The molecule has 2 saturated heterocycles. The number of nitrogens with one attached hydrogen (secondary N) is 1. The summed E-state index contributed by atoms with van der Waals surface area (Å²) < 4.78 is 0. The van der Waals surface area contributed by atoms with E-state index in [1.54, 1.807) is 0 Å². The number of piperazine rings is 1. The van der Waals surface area contributed by atoms with E-state index in [9.17, 15) is 0 Å². The third-order valence-corrected chi connectivity index (χ3v) is 5.10. The highest BCUT2D eigenvalue weighted by Crippen LogP contribution is 2.19. The Hall–Kier alpha value is -0.160. The summed E-state index contributed by atoms with van der Waals surface area (Å²) in [6.45, 7) is 15.8. The molecule has 2 atom stereocenters. The maximum atomic E-state index is 3.60. The molecule has 0 aromatic rings. The first-order chi connectivity index (χ1) is 9.69. The molecule has 2 aliphatic rings. The summed E-state index contributed by atoms with van der Waals surface area (Å²) in [7, 11) is 2.23. The van der Waals surface area contributed by atoms with Crippen molar-refractivity contribution in [1.82, 2.24) is 20.0 Å². The number of hydrogen-bond donors (Lipinski definition) is 1. The van der Waals surface area contributed by atoms with Crippen LogP contribution in [0.5, 0.6) is 0 Å². The van der Waals surface area contributed by atoms with Crippen molar-refractivity contribution in [3.63, 3.8) is 0 Å². The normalized spacial score (nSPS) is 28.6. The molecule has 2 aliphatic heterocycles. The maximum Gasteiger partial charge on any atom is 0.0110 e. The molecule has 118 valence electrons. The highest BCUT2D eigenvalue weighted by molar-refractivity contribution is 4.81. The van der Waals surface area contributed by atoms with E-state index in [-0.39, 0.29) is 0 Å². The smallest absolute Gasteiger partial charge is 0.0110 e. The molecule has 0 radical (unpaired) electrons. The van der Waals surface area contributed by atoms with Crippen LogP contribution in [-0.4, -0.2) is 86.7 Å². The van der Waals surface area contributed by atoms with Crippen LogP contribution in [0, 0.1) is 5.92 Å². The van der Waals surface area contributed by atoms with Crippen molar-refractivity contribution in [2.45, 2.75) is 32.7 Å². The van der Waals surface area contributed by atoms with Gasteiger partial charge in [0.1, 0.15) is 0 Å². The third kappa shape index (κ3) is 4.99. The Kier molecular flexibility index (Phi) is 6.75. The van der Waals surface area contributed by atoms with Gasteiger partial charge in [-0.3, -0.25) is 4.90 Å². The summed E-state index contributed by atoms with van der Waals surface area (Å²) in [6, 6.07) is 0.673. The van der Waals surface area contributed by atoms with Crippen molar-refractivity contribution in [3.05, 3.63) is 0 Å². The lowest BCUT2D eigenvalue weighted by molar-refractivity contribution is 0.108. The van der Waals surface area contributed by atoms with Crippen molar-refractivity contribution in [2.24, 2.45) is 5.92 Å². The van der Waals surface area contributed by atoms with Crippen molar-refractivity contribution >= 4 is 0 Å². The quantitative estimate of drug-likeness (QED) is 0.783. The first-order valence-corrected chi connectivity index (χ1v) is 8.55. The molecule has 0 saturated carbocycles. The van der Waals surface area contributed by atoms with E-state index in [2.05, 4.69) is 40.9 Å². The van der Waals surface area contributed by atoms with E-state index < -0.39 is 0 Å². The summed E-state index contributed by atoms with van der Waals surface area (Å²) in [6.07, 6.45) is 2.78. The number of likely N-dealkylation sites (tertiary alicyclic amines) is 1. The van der Waals surface area contributed by atoms with Gasteiger partial charge in [-0.1, -0.05) is 6.92 Å². The van der Waals surface area contributed by atoms with Gasteiger partial charge in [0.05, 0.1) is 0 Å². The Morgan fingerprint density at radius 2 is 1.75 bits per heavy atom. The van der Waals surface area contributed by atoms with Crippen LogP contribution in [0.2, 0.25) is 0 Å². The zero-order valence-corrected chi connectivity index (χ0v) is 13.8. The van der Waals surface area contributed by atoms with Crippen LogP contribution in [0.1, 0.15) is 26.7 Å². The number of likely N-dealkylation sites (N-methyl/N-ethyl adjacent to an activating group) is 1. The van der Waals surface area contributed by atoms with E-state index in [0.29, 0.717) is 6.04 Å². The van der Waals surface area contributed by atoms with Gasteiger partial charge in [0.15, 0.2) is 0 Å². The zero-order valence-electron chi connectivity index (χ0n) is 13.8. The van der Waals surface area contributed by atoms with Crippen molar-refractivity contribution in [2.75, 3.05) is 66.0 Å². The zero-order chi connectivity index (χ0) is 14.4. The Morgan fingerprint density at radius 3 is 2.45 bits per heavy atom. The second kappa shape index (κ2) is 8.32. The van der Waals surface area contributed by atoms with Gasteiger partial charge in [0, 0.05) is 51.9 Å². The minimum atomic E-state index is 0.673. The second-order valence-corrected chi connectivity index (χ2v) is 6.69. The Balaban J connectivity index is 1.67. The number of hydrogen-bond acceptors (Lipinski definition) is 4. The molecule has 2 rings (SSSR count). The Labute approximate surface area is 125 Å². The lowest BCUT2D eigenvalue weighted by Crippen LogP contribution is -2.49. The van der Waals surface area contributed by atoms with E-state index in [0.717, 1.165) is 12.5 Å². The lowest BCUT2D eigenvalue weighted by atomic mass is 9.91. The maximum absolute atomic E-state index is 3.60. The average molecular weight is 282 g/mol. The SMILES string of the molecule is CCNC(C)C1CCCN(CCN2CCN(C)CC2)C1. The second-order valence-electron chi connectivity index (χ2n) is 6.69. The first-order valence-electron chi connectivity index (χ1n) is 8.55. The van der Waals surface area contributed by atoms with Crippen LogP contribution < -0.4 is 5.32 Å². The van der Waals surface area contributed by atoms with Crippen molar-refractivity contribution in [3.8, 4) is 0 Å².